The molecule has 3 heteroatoms. The van der Waals surface area contributed by atoms with E-state index in [2.05, 4.69) is 12.2 Å². The molecule has 1 unspecified atom stereocenters. The highest BCUT2D eigenvalue weighted by molar-refractivity contribution is 5.17. The molecule has 0 saturated heterocycles. The number of rotatable bonds is 8. The lowest BCUT2D eigenvalue weighted by molar-refractivity contribution is 0.136. The molecular formula is C14H22FNO. The highest BCUT2D eigenvalue weighted by Crippen LogP contribution is 2.08. The Morgan fingerprint density at radius 3 is 2.82 bits per heavy atom. The van der Waals surface area contributed by atoms with Crippen molar-refractivity contribution in [1.82, 2.24) is 5.32 Å². The molecule has 1 atom stereocenters. The Bertz CT molecular complexity index is 317. The molecule has 0 radical (unpaired) electrons. The molecule has 0 fully saturated rings. The first kappa shape index (κ1) is 14.1. The smallest absolute Gasteiger partial charge is 0.123 e. The fourth-order valence-corrected chi connectivity index (χ4v) is 1.88. The van der Waals surface area contributed by atoms with Crippen LogP contribution in [0.1, 0.15) is 25.8 Å². The Morgan fingerprint density at radius 2 is 2.18 bits per heavy atom. The Balaban J connectivity index is 2.47. The Hall–Kier alpha value is -0.930. The van der Waals surface area contributed by atoms with E-state index in [1.165, 1.54) is 6.07 Å². The maximum absolute atomic E-state index is 13.1. The zero-order chi connectivity index (χ0) is 12.5. The number of ether oxygens (including phenoxy) is 1. The van der Waals surface area contributed by atoms with Gasteiger partial charge in [-0.2, -0.15) is 0 Å². The third kappa shape index (κ3) is 5.80. The van der Waals surface area contributed by atoms with E-state index in [0.29, 0.717) is 6.04 Å². The van der Waals surface area contributed by atoms with Gasteiger partial charge >= 0.3 is 0 Å². The second-order valence-electron chi connectivity index (χ2n) is 4.07. The van der Waals surface area contributed by atoms with Crippen molar-refractivity contribution in [2.45, 2.75) is 32.7 Å². The van der Waals surface area contributed by atoms with Crippen LogP contribution in [0.3, 0.4) is 0 Å². The van der Waals surface area contributed by atoms with Crippen LogP contribution in [0.2, 0.25) is 0 Å². The van der Waals surface area contributed by atoms with E-state index in [9.17, 15) is 4.39 Å². The SMILES string of the molecule is CCNC(CCOCC)Cc1cccc(F)c1. The quantitative estimate of drug-likeness (QED) is 0.704. The fraction of sp³-hybridized carbons (Fsp3) is 0.571. The number of benzene rings is 1. The Kier molecular flexibility index (Phi) is 6.82. The van der Waals surface area contributed by atoms with Crippen LogP contribution in [0.25, 0.3) is 0 Å². The third-order valence-electron chi connectivity index (χ3n) is 2.68. The van der Waals surface area contributed by atoms with E-state index in [-0.39, 0.29) is 5.82 Å². The fourth-order valence-electron chi connectivity index (χ4n) is 1.88. The first-order chi connectivity index (χ1) is 8.26. The topological polar surface area (TPSA) is 21.3 Å². The van der Waals surface area contributed by atoms with E-state index in [0.717, 1.165) is 38.2 Å². The average Bonchev–Trinajstić information content (AvgIpc) is 2.29. The van der Waals surface area contributed by atoms with Crippen LogP contribution in [0.15, 0.2) is 24.3 Å². The molecule has 96 valence electrons. The average molecular weight is 239 g/mol. The van der Waals surface area contributed by atoms with Gasteiger partial charge in [0.05, 0.1) is 0 Å². The van der Waals surface area contributed by atoms with Gasteiger partial charge in [-0.3, -0.25) is 0 Å². The molecule has 0 aliphatic rings. The van der Waals surface area contributed by atoms with Gasteiger partial charge in [0.15, 0.2) is 0 Å². The molecular weight excluding hydrogens is 217 g/mol. The molecule has 0 saturated carbocycles. The first-order valence-corrected chi connectivity index (χ1v) is 6.31. The first-order valence-electron chi connectivity index (χ1n) is 6.31. The number of hydrogen-bond acceptors (Lipinski definition) is 2. The second-order valence-corrected chi connectivity index (χ2v) is 4.07. The lowest BCUT2D eigenvalue weighted by Gasteiger charge is -2.17. The molecule has 0 aliphatic carbocycles. The van der Waals surface area contributed by atoms with Gasteiger partial charge in [0.25, 0.3) is 0 Å². The highest BCUT2D eigenvalue weighted by Gasteiger charge is 2.08. The number of halogens is 1. The van der Waals surface area contributed by atoms with Crippen LogP contribution in [-0.4, -0.2) is 25.8 Å². The molecule has 1 N–H and O–H groups in total. The van der Waals surface area contributed by atoms with Crippen LogP contribution in [0, 0.1) is 5.82 Å². The van der Waals surface area contributed by atoms with Gasteiger partial charge in [-0.05, 0) is 44.0 Å². The van der Waals surface area contributed by atoms with Crippen LogP contribution in [0.4, 0.5) is 4.39 Å². The lowest BCUT2D eigenvalue weighted by atomic mass is 10.0. The molecule has 0 heterocycles. The summed E-state index contributed by atoms with van der Waals surface area (Å²) >= 11 is 0. The number of hydrogen-bond donors (Lipinski definition) is 1. The largest absolute Gasteiger partial charge is 0.382 e. The summed E-state index contributed by atoms with van der Waals surface area (Å²) in [5, 5.41) is 3.41. The van der Waals surface area contributed by atoms with Gasteiger partial charge < -0.3 is 10.1 Å². The van der Waals surface area contributed by atoms with Crippen LogP contribution in [0.5, 0.6) is 0 Å². The summed E-state index contributed by atoms with van der Waals surface area (Å²) in [6, 6.07) is 7.16. The van der Waals surface area contributed by atoms with E-state index >= 15 is 0 Å². The van der Waals surface area contributed by atoms with E-state index in [4.69, 9.17) is 4.74 Å². The van der Waals surface area contributed by atoms with E-state index in [1.54, 1.807) is 12.1 Å². The highest BCUT2D eigenvalue weighted by atomic mass is 19.1. The summed E-state index contributed by atoms with van der Waals surface area (Å²) in [6.45, 7) is 6.50. The maximum atomic E-state index is 13.1. The van der Waals surface area contributed by atoms with Gasteiger partial charge in [0.1, 0.15) is 5.82 Å². The zero-order valence-corrected chi connectivity index (χ0v) is 10.7. The molecule has 0 amide bonds. The molecule has 0 spiro atoms. The van der Waals surface area contributed by atoms with Crippen LogP contribution >= 0.6 is 0 Å². The predicted molar refractivity (Wildman–Crippen MR) is 68.7 cm³/mol. The molecule has 0 bridgehead atoms. The molecule has 0 aliphatic heterocycles. The van der Waals surface area contributed by atoms with Crippen molar-refractivity contribution in [2.75, 3.05) is 19.8 Å². The van der Waals surface area contributed by atoms with Crippen LogP contribution < -0.4 is 5.32 Å². The summed E-state index contributed by atoms with van der Waals surface area (Å²) in [5.74, 6) is -0.164. The van der Waals surface area contributed by atoms with Gasteiger partial charge in [0.2, 0.25) is 0 Å². The Morgan fingerprint density at radius 1 is 1.35 bits per heavy atom. The third-order valence-corrected chi connectivity index (χ3v) is 2.68. The number of nitrogens with one attached hydrogen (secondary N) is 1. The lowest BCUT2D eigenvalue weighted by Crippen LogP contribution is -2.32. The van der Waals surface area contributed by atoms with E-state index in [1.807, 2.05) is 13.0 Å². The van der Waals surface area contributed by atoms with E-state index < -0.39 is 0 Å². The molecule has 17 heavy (non-hydrogen) atoms. The van der Waals surface area contributed by atoms with Crippen molar-refractivity contribution in [2.24, 2.45) is 0 Å². The Labute approximate surface area is 103 Å². The molecule has 2 nitrogen and oxygen atoms in total. The van der Waals surface area contributed by atoms with Gasteiger partial charge in [0, 0.05) is 19.3 Å². The number of likely N-dealkylation sites (N-methyl/N-ethyl adjacent to an activating group) is 1. The minimum Gasteiger partial charge on any atom is -0.382 e. The summed E-state index contributed by atoms with van der Waals surface area (Å²) in [6.07, 6.45) is 1.80. The molecule has 1 rings (SSSR count). The summed E-state index contributed by atoms with van der Waals surface area (Å²) in [7, 11) is 0. The molecule has 1 aromatic rings. The maximum Gasteiger partial charge on any atom is 0.123 e. The van der Waals surface area contributed by atoms with Gasteiger partial charge in [-0.1, -0.05) is 19.1 Å². The van der Waals surface area contributed by atoms with Crippen molar-refractivity contribution >= 4 is 0 Å². The van der Waals surface area contributed by atoms with Crippen molar-refractivity contribution in [3.8, 4) is 0 Å². The van der Waals surface area contributed by atoms with Crippen molar-refractivity contribution in [1.29, 1.82) is 0 Å². The molecule has 1 aromatic carbocycles. The molecule has 0 aromatic heterocycles. The van der Waals surface area contributed by atoms with Crippen LogP contribution in [-0.2, 0) is 11.2 Å². The minimum atomic E-state index is -0.164. The van der Waals surface area contributed by atoms with Gasteiger partial charge in [-0.15, -0.1) is 0 Å². The van der Waals surface area contributed by atoms with Gasteiger partial charge in [-0.25, -0.2) is 4.39 Å². The second kappa shape index (κ2) is 8.20. The summed E-state index contributed by atoms with van der Waals surface area (Å²) in [5.41, 5.74) is 1.03. The zero-order valence-electron chi connectivity index (χ0n) is 10.7. The standard InChI is InChI=1S/C14H22FNO/c1-3-16-14(8-9-17-4-2)11-12-6-5-7-13(15)10-12/h5-7,10,14,16H,3-4,8-9,11H2,1-2H3. The minimum absolute atomic E-state index is 0.164. The normalized spacial score (nSPS) is 12.6. The monoisotopic (exact) mass is 239 g/mol. The predicted octanol–water partition coefficient (Wildman–Crippen LogP) is 2.77. The van der Waals surface area contributed by atoms with Crippen molar-refractivity contribution < 1.29 is 9.13 Å². The summed E-state index contributed by atoms with van der Waals surface area (Å²) < 4.78 is 18.4. The van der Waals surface area contributed by atoms with Crippen molar-refractivity contribution in [3.05, 3.63) is 35.6 Å². The summed E-state index contributed by atoms with van der Waals surface area (Å²) in [4.78, 5) is 0. The van der Waals surface area contributed by atoms with Crippen molar-refractivity contribution in [3.63, 3.8) is 0 Å².